The second-order valence-electron chi connectivity index (χ2n) is 4.19. The Hall–Kier alpha value is -0.780. The average Bonchev–Trinajstić information content (AvgIpc) is 2.19. The first-order chi connectivity index (χ1) is 7.90. The molecule has 0 aliphatic rings. The zero-order valence-electron chi connectivity index (χ0n) is 10.5. The van der Waals surface area contributed by atoms with Crippen molar-refractivity contribution >= 4 is 28.7 Å². The minimum atomic E-state index is -0.657. The molecule has 17 heavy (non-hydrogen) atoms. The maximum Gasteiger partial charge on any atom is 0.514 e. The highest BCUT2D eigenvalue weighted by Crippen LogP contribution is 2.24. The molecule has 0 aliphatic carbocycles. The Labute approximate surface area is 116 Å². The maximum atomic E-state index is 11.4. The number of carbonyl (C=O) groups excluding carboxylic acids is 1. The Morgan fingerprint density at radius 3 is 2.47 bits per heavy atom. The van der Waals surface area contributed by atoms with Gasteiger partial charge in [-0.05, 0) is 59.5 Å². The maximum absolute atomic E-state index is 11.4. The summed E-state index contributed by atoms with van der Waals surface area (Å²) in [7, 11) is 0. The smallest absolute Gasteiger partial charge is 0.420 e. The van der Waals surface area contributed by atoms with E-state index in [0.29, 0.717) is 11.7 Å². The van der Waals surface area contributed by atoms with Crippen molar-refractivity contribution < 1.29 is 14.3 Å². The molecule has 3 nitrogen and oxygen atoms in total. The molecule has 1 aromatic rings. The summed E-state index contributed by atoms with van der Waals surface area (Å²) >= 11 is 2.00. The van der Waals surface area contributed by atoms with Gasteiger partial charge in [-0.2, -0.15) is 0 Å². The summed E-state index contributed by atoms with van der Waals surface area (Å²) in [5, 5.41) is 0. The second kappa shape index (κ2) is 6.23. The highest BCUT2D eigenvalue weighted by Gasteiger charge is 2.12. The first-order valence-corrected chi connectivity index (χ1v) is 6.77. The van der Waals surface area contributed by atoms with Gasteiger partial charge in [0.25, 0.3) is 0 Å². The highest BCUT2D eigenvalue weighted by atomic mass is 127. The molecular weight excluding hydrogens is 331 g/mol. The fourth-order valence-electron chi connectivity index (χ4n) is 1.33. The number of alkyl halides is 1. The Kier molecular flexibility index (Phi) is 5.24. The molecule has 1 atom stereocenters. The Morgan fingerprint density at radius 1 is 1.29 bits per heavy atom. The monoisotopic (exact) mass is 348 g/mol. The first-order valence-electron chi connectivity index (χ1n) is 5.53. The van der Waals surface area contributed by atoms with Crippen molar-refractivity contribution in [2.75, 3.05) is 0 Å². The number of aryl methyl sites for hydroxylation is 1. The summed E-state index contributed by atoms with van der Waals surface area (Å²) in [6, 6.07) is 5.88. The molecule has 0 radical (unpaired) electrons. The third kappa shape index (κ3) is 4.53. The summed E-state index contributed by atoms with van der Waals surface area (Å²) in [4.78, 5) is 11.4. The quantitative estimate of drug-likeness (QED) is 0.351. The molecule has 0 saturated carbocycles. The van der Waals surface area contributed by atoms with Crippen LogP contribution < -0.4 is 4.74 Å². The van der Waals surface area contributed by atoms with Gasteiger partial charge in [-0.3, -0.25) is 0 Å². The summed E-state index contributed by atoms with van der Waals surface area (Å²) < 4.78 is 9.92. The van der Waals surface area contributed by atoms with E-state index in [1.807, 2.05) is 47.7 Å². The van der Waals surface area contributed by atoms with Gasteiger partial charge in [0.05, 0.1) is 0 Å². The van der Waals surface area contributed by atoms with E-state index in [9.17, 15) is 4.79 Å². The summed E-state index contributed by atoms with van der Waals surface area (Å²) in [5.41, 5.74) is 2.06. The SMILES string of the molecule is Cc1ccc(C(C)C)cc1OC(=O)OC(C)I. The van der Waals surface area contributed by atoms with Crippen LogP contribution in [0.2, 0.25) is 0 Å². The van der Waals surface area contributed by atoms with Crippen LogP contribution in [0.5, 0.6) is 5.75 Å². The van der Waals surface area contributed by atoms with Gasteiger partial charge in [-0.25, -0.2) is 4.79 Å². The number of hydrogen-bond acceptors (Lipinski definition) is 3. The number of carbonyl (C=O) groups is 1. The molecule has 0 bridgehead atoms. The van der Waals surface area contributed by atoms with Gasteiger partial charge in [-0.1, -0.05) is 26.0 Å². The highest BCUT2D eigenvalue weighted by molar-refractivity contribution is 14.1. The van der Waals surface area contributed by atoms with E-state index in [1.54, 1.807) is 6.92 Å². The largest absolute Gasteiger partial charge is 0.514 e. The van der Waals surface area contributed by atoms with Crippen LogP contribution in [-0.4, -0.2) is 10.3 Å². The Morgan fingerprint density at radius 2 is 1.94 bits per heavy atom. The third-order valence-corrected chi connectivity index (χ3v) is 2.59. The van der Waals surface area contributed by atoms with Crippen LogP contribution in [0.3, 0.4) is 0 Å². The van der Waals surface area contributed by atoms with Crippen LogP contribution in [0, 0.1) is 6.92 Å². The molecule has 1 rings (SSSR count). The number of ether oxygens (including phenoxy) is 2. The molecule has 0 heterocycles. The van der Waals surface area contributed by atoms with Crippen molar-refractivity contribution in [1.29, 1.82) is 0 Å². The molecular formula is C13H17IO3. The van der Waals surface area contributed by atoms with Gasteiger partial charge in [0.2, 0.25) is 0 Å². The van der Waals surface area contributed by atoms with E-state index in [-0.39, 0.29) is 4.11 Å². The molecule has 1 unspecified atom stereocenters. The van der Waals surface area contributed by atoms with Crippen LogP contribution in [0.1, 0.15) is 37.8 Å². The molecule has 1 aromatic carbocycles. The lowest BCUT2D eigenvalue weighted by atomic mass is 10.0. The standard InChI is InChI=1S/C13H17IO3/c1-8(2)11-6-5-9(3)12(7-11)17-13(15)16-10(4)14/h5-8,10H,1-4H3. The zero-order valence-corrected chi connectivity index (χ0v) is 12.6. The molecule has 0 aliphatic heterocycles. The average molecular weight is 348 g/mol. The number of halogens is 1. The lowest BCUT2D eigenvalue weighted by Crippen LogP contribution is -2.14. The lowest BCUT2D eigenvalue weighted by Gasteiger charge is -2.12. The Balaban J connectivity index is 2.82. The van der Waals surface area contributed by atoms with Crippen LogP contribution in [0.25, 0.3) is 0 Å². The topological polar surface area (TPSA) is 35.5 Å². The van der Waals surface area contributed by atoms with Gasteiger partial charge in [0, 0.05) is 0 Å². The summed E-state index contributed by atoms with van der Waals surface area (Å²) in [6.07, 6.45) is -0.657. The predicted molar refractivity (Wildman–Crippen MR) is 75.9 cm³/mol. The zero-order chi connectivity index (χ0) is 13.0. The fraction of sp³-hybridized carbons (Fsp3) is 0.462. The van der Waals surface area contributed by atoms with Crippen LogP contribution in [0.4, 0.5) is 4.79 Å². The van der Waals surface area contributed by atoms with E-state index in [4.69, 9.17) is 9.47 Å². The van der Waals surface area contributed by atoms with Crippen LogP contribution in [-0.2, 0) is 4.74 Å². The molecule has 0 N–H and O–H groups in total. The van der Waals surface area contributed by atoms with Crippen molar-refractivity contribution in [2.45, 2.75) is 37.7 Å². The van der Waals surface area contributed by atoms with E-state index in [0.717, 1.165) is 11.1 Å². The summed E-state index contributed by atoms with van der Waals surface area (Å²) in [5.74, 6) is 0.968. The molecule has 0 spiro atoms. The normalized spacial score (nSPS) is 12.4. The number of rotatable bonds is 3. The van der Waals surface area contributed by atoms with E-state index in [2.05, 4.69) is 13.8 Å². The lowest BCUT2D eigenvalue weighted by molar-refractivity contribution is 0.0985. The van der Waals surface area contributed by atoms with E-state index < -0.39 is 6.16 Å². The van der Waals surface area contributed by atoms with Crippen molar-refractivity contribution in [3.63, 3.8) is 0 Å². The Bertz CT molecular complexity index is 400. The molecule has 4 heteroatoms. The molecule has 0 saturated heterocycles. The predicted octanol–water partition coefficient (Wildman–Crippen LogP) is 4.41. The van der Waals surface area contributed by atoms with E-state index in [1.165, 1.54) is 0 Å². The van der Waals surface area contributed by atoms with Crippen LogP contribution in [0.15, 0.2) is 18.2 Å². The van der Waals surface area contributed by atoms with Gasteiger partial charge in [0.15, 0.2) is 4.11 Å². The minimum absolute atomic E-state index is 0.200. The van der Waals surface area contributed by atoms with Crippen molar-refractivity contribution in [2.24, 2.45) is 0 Å². The summed E-state index contributed by atoms with van der Waals surface area (Å²) in [6.45, 7) is 7.87. The van der Waals surface area contributed by atoms with Crippen molar-refractivity contribution in [3.8, 4) is 5.75 Å². The number of hydrogen-bond donors (Lipinski definition) is 0. The van der Waals surface area contributed by atoms with Gasteiger partial charge >= 0.3 is 6.16 Å². The molecule has 0 aromatic heterocycles. The molecule has 0 fully saturated rings. The van der Waals surface area contributed by atoms with Crippen molar-refractivity contribution in [3.05, 3.63) is 29.3 Å². The van der Waals surface area contributed by atoms with Crippen LogP contribution >= 0.6 is 22.6 Å². The minimum Gasteiger partial charge on any atom is -0.420 e. The van der Waals surface area contributed by atoms with Gasteiger partial charge < -0.3 is 9.47 Å². The second-order valence-corrected chi connectivity index (χ2v) is 5.95. The number of benzene rings is 1. The third-order valence-electron chi connectivity index (χ3n) is 2.33. The van der Waals surface area contributed by atoms with E-state index >= 15 is 0 Å². The molecule has 94 valence electrons. The van der Waals surface area contributed by atoms with Crippen molar-refractivity contribution in [1.82, 2.24) is 0 Å². The fourth-order valence-corrected chi connectivity index (χ4v) is 1.54. The first kappa shape index (κ1) is 14.3. The molecule has 0 amide bonds. The van der Waals surface area contributed by atoms with Gasteiger partial charge in [0.1, 0.15) is 5.75 Å². The van der Waals surface area contributed by atoms with Gasteiger partial charge in [-0.15, -0.1) is 0 Å².